The van der Waals surface area contributed by atoms with Crippen molar-refractivity contribution in [2.75, 3.05) is 39.3 Å². The number of amides is 2. The molecule has 9 nitrogen and oxygen atoms in total. The van der Waals surface area contributed by atoms with Gasteiger partial charge in [0.15, 0.2) is 0 Å². The second kappa shape index (κ2) is 13.9. The van der Waals surface area contributed by atoms with Crippen molar-refractivity contribution >= 4 is 18.0 Å². The van der Waals surface area contributed by atoms with Crippen molar-refractivity contribution in [3.05, 3.63) is 29.8 Å². The average Bonchev–Trinajstić information content (AvgIpc) is 3.18. The number of piperidine rings is 1. The number of carboxylic acid groups (broad SMARTS) is 2. The highest BCUT2D eigenvalue weighted by Crippen LogP contribution is 2.34. The fourth-order valence-corrected chi connectivity index (χ4v) is 4.57. The molecule has 0 saturated carbocycles. The van der Waals surface area contributed by atoms with E-state index >= 15 is 0 Å². The summed E-state index contributed by atoms with van der Waals surface area (Å²) >= 11 is 0. The molecule has 35 heavy (non-hydrogen) atoms. The van der Waals surface area contributed by atoms with E-state index in [0.29, 0.717) is 12.0 Å². The molecular formula is C26H41N3O6. The maximum Gasteiger partial charge on any atom is 0.414 e. The van der Waals surface area contributed by atoms with E-state index in [0.717, 1.165) is 51.4 Å². The van der Waals surface area contributed by atoms with Gasteiger partial charge in [-0.25, -0.2) is 14.4 Å². The molecule has 2 fully saturated rings. The van der Waals surface area contributed by atoms with Gasteiger partial charge < -0.3 is 29.6 Å². The molecule has 1 aromatic rings. The molecule has 9 heteroatoms. The zero-order valence-electron chi connectivity index (χ0n) is 21.5. The number of likely N-dealkylation sites (tertiary alicyclic amines) is 1. The number of hydrogen-bond donors (Lipinski definition) is 2. The van der Waals surface area contributed by atoms with E-state index in [1.165, 1.54) is 24.8 Å². The number of rotatable bonds is 9. The van der Waals surface area contributed by atoms with E-state index in [2.05, 4.69) is 56.9 Å². The summed E-state index contributed by atoms with van der Waals surface area (Å²) in [4.78, 5) is 37.1. The van der Waals surface area contributed by atoms with E-state index in [9.17, 15) is 4.79 Å². The van der Waals surface area contributed by atoms with E-state index in [1.807, 2.05) is 9.80 Å². The Balaban J connectivity index is 0.000000641. The normalized spacial score (nSPS) is 17.0. The number of nitrogens with zero attached hydrogens (tertiary/aromatic N) is 3. The Hall–Kier alpha value is -2.81. The predicted octanol–water partition coefficient (Wildman–Crippen LogP) is 3.74. The van der Waals surface area contributed by atoms with Gasteiger partial charge in [0.05, 0.1) is 6.10 Å². The van der Waals surface area contributed by atoms with Crippen LogP contribution in [-0.2, 0) is 9.59 Å². The van der Waals surface area contributed by atoms with Crippen LogP contribution in [0.15, 0.2) is 24.3 Å². The first-order chi connectivity index (χ1) is 16.6. The minimum Gasteiger partial charge on any atom is -0.491 e. The second-order valence-corrected chi connectivity index (χ2v) is 9.69. The van der Waals surface area contributed by atoms with Crippen LogP contribution in [0.25, 0.3) is 0 Å². The van der Waals surface area contributed by atoms with Crippen molar-refractivity contribution in [3.8, 4) is 5.75 Å². The summed E-state index contributed by atoms with van der Waals surface area (Å²) in [6, 6.07) is 9.09. The molecular weight excluding hydrogens is 450 g/mol. The molecule has 0 aromatic heterocycles. The van der Waals surface area contributed by atoms with Gasteiger partial charge in [-0.15, -0.1) is 0 Å². The third-order valence-electron chi connectivity index (χ3n) is 6.39. The minimum absolute atomic E-state index is 0.214. The Labute approximate surface area is 208 Å². The van der Waals surface area contributed by atoms with Crippen LogP contribution in [0.1, 0.15) is 64.9 Å². The average molecular weight is 492 g/mol. The first kappa shape index (κ1) is 28.4. The van der Waals surface area contributed by atoms with E-state index in [1.54, 1.807) is 0 Å². The number of carbonyl (C=O) groups excluding carboxylic acids is 1. The molecule has 0 atom stereocenters. The summed E-state index contributed by atoms with van der Waals surface area (Å²) in [5.74, 6) is -1.98. The van der Waals surface area contributed by atoms with Crippen LogP contribution in [0.3, 0.4) is 0 Å². The quantitative estimate of drug-likeness (QED) is 0.400. The fourth-order valence-electron chi connectivity index (χ4n) is 4.57. The summed E-state index contributed by atoms with van der Waals surface area (Å²) in [6.07, 6.45) is 4.89. The maximum atomic E-state index is 12.3. The van der Waals surface area contributed by atoms with Crippen molar-refractivity contribution in [3.63, 3.8) is 0 Å². The molecule has 2 aliphatic heterocycles. The van der Waals surface area contributed by atoms with Gasteiger partial charge in [-0.1, -0.05) is 18.2 Å². The summed E-state index contributed by atoms with van der Waals surface area (Å²) in [6.45, 7) is 14.5. The highest BCUT2D eigenvalue weighted by molar-refractivity contribution is 6.27. The van der Waals surface area contributed by atoms with Crippen LogP contribution in [0.2, 0.25) is 0 Å². The van der Waals surface area contributed by atoms with Crippen molar-refractivity contribution in [2.45, 2.75) is 71.4 Å². The van der Waals surface area contributed by atoms with Gasteiger partial charge in [0, 0.05) is 25.7 Å². The Morgan fingerprint density at radius 3 is 2.09 bits per heavy atom. The monoisotopic (exact) mass is 491 g/mol. The molecule has 2 aliphatic rings. The third-order valence-corrected chi connectivity index (χ3v) is 6.39. The van der Waals surface area contributed by atoms with Crippen LogP contribution in [0.5, 0.6) is 5.75 Å². The van der Waals surface area contributed by atoms with Gasteiger partial charge in [-0.2, -0.15) is 0 Å². The highest BCUT2D eigenvalue weighted by atomic mass is 16.5. The Morgan fingerprint density at radius 1 is 0.943 bits per heavy atom. The molecule has 196 valence electrons. The molecule has 0 aliphatic carbocycles. The number of aliphatic carboxylic acids is 2. The zero-order chi connectivity index (χ0) is 26.0. The number of carbonyl (C=O) groups is 3. The molecule has 1 aromatic carbocycles. The van der Waals surface area contributed by atoms with Gasteiger partial charge in [0.25, 0.3) is 0 Å². The van der Waals surface area contributed by atoms with Crippen LogP contribution in [-0.4, -0.2) is 94.3 Å². The standard InChI is InChI=1S/C24H39N3O2.C2H2O4/c1-19(2)27-18-17-26(24(27)28)14-8-7-13-25-15-11-21(12-16-25)22-9-5-6-10-23(22)29-20(3)4;3-1(4)2(5)6/h5-6,9-10,19-21H,7-8,11-18H2,1-4H3;(H,3,4)(H,5,6). The van der Waals surface area contributed by atoms with Crippen molar-refractivity contribution < 1.29 is 29.3 Å². The van der Waals surface area contributed by atoms with Crippen LogP contribution < -0.4 is 4.74 Å². The second-order valence-electron chi connectivity index (χ2n) is 9.69. The van der Waals surface area contributed by atoms with Gasteiger partial charge in [-0.3, -0.25) is 0 Å². The maximum absolute atomic E-state index is 12.3. The highest BCUT2D eigenvalue weighted by Gasteiger charge is 2.29. The molecule has 0 unspecified atom stereocenters. The lowest BCUT2D eigenvalue weighted by molar-refractivity contribution is -0.159. The lowest BCUT2D eigenvalue weighted by Gasteiger charge is -2.33. The fraction of sp³-hybridized carbons (Fsp3) is 0.654. The molecule has 3 rings (SSSR count). The first-order valence-corrected chi connectivity index (χ1v) is 12.6. The lowest BCUT2D eigenvalue weighted by Crippen LogP contribution is -2.37. The number of urea groups is 1. The number of hydrogen-bond acceptors (Lipinski definition) is 5. The zero-order valence-corrected chi connectivity index (χ0v) is 21.5. The molecule has 2 N–H and O–H groups in total. The van der Waals surface area contributed by atoms with Crippen molar-refractivity contribution in [1.82, 2.24) is 14.7 Å². The van der Waals surface area contributed by atoms with Crippen LogP contribution >= 0.6 is 0 Å². The van der Waals surface area contributed by atoms with E-state index in [-0.39, 0.29) is 12.1 Å². The topological polar surface area (TPSA) is 111 Å². The molecule has 2 saturated heterocycles. The predicted molar refractivity (Wildman–Crippen MR) is 134 cm³/mol. The van der Waals surface area contributed by atoms with Crippen molar-refractivity contribution in [1.29, 1.82) is 0 Å². The first-order valence-electron chi connectivity index (χ1n) is 12.6. The Bertz CT molecular complexity index is 824. The SMILES string of the molecule is CC(C)Oc1ccccc1C1CCN(CCCCN2CCN(C(C)C)C2=O)CC1.O=C(O)C(=O)O. The molecule has 0 spiro atoms. The summed E-state index contributed by atoms with van der Waals surface area (Å²) in [5, 5.41) is 14.8. The number of carboxylic acids is 2. The largest absolute Gasteiger partial charge is 0.491 e. The van der Waals surface area contributed by atoms with Gasteiger partial charge >= 0.3 is 18.0 Å². The summed E-state index contributed by atoms with van der Waals surface area (Å²) in [7, 11) is 0. The van der Waals surface area contributed by atoms with E-state index < -0.39 is 11.9 Å². The van der Waals surface area contributed by atoms with Gasteiger partial charge in [-0.05, 0) is 90.6 Å². The van der Waals surface area contributed by atoms with Crippen molar-refractivity contribution in [2.24, 2.45) is 0 Å². The summed E-state index contributed by atoms with van der Waals surface area (Å²) in [5.41, 5.74) is 1.38. The third kappa shape index (κ3) is 9.05. The Morgan fingerprint density at radius 2 is 1.54 bits per heavy atom. The van der Waals surface area contributed by atoms with E-state index in [4.69, 9.17) is 24.5 Å². The smallest absolute Gasteiger partial charge is 0.414 e. The van der Waals surface area contributed by atoms with Crippen LogP contribution in [0, 0.1) is 0 Å². The number of para-hydroxylation sites is 1. The molecule has 2 heterocycles. The Kier molecular flexibility index (Phi) is 11.3. The van der Waals surface area contributed by atoms with Gasteiger partial charge in [0.1, 0.15) is 5.75 Å². The van der Waals surface area contributed by atoms with Crippen LogP contribution in [0.4, 0.5) is 4.79 Å². The summed E-state index contributed by atoms with van der Waals surface area (Å²) < 4.78 is 6.04. The lowest BCUT2D eigenvalue weighted by atomic mass is 9.88. The number of benzene rings is 1. The molecule has 0 bridgehead atoms. The number of ether oxygens (including phenoxy) is 1. The molecule has 0 radical (unpaired) electrons. The molecule has 2 amide bonds. The minimum atomic E-state index is -1.82. The number of unbranched alkanes of at least 4 members (excludes halogenated alkanes) is 1. The van der Waals surface area contributed by atoms with Gasteiger partial charge in [0.2, 0.25) is 0 Å².